The van der Waals surface area contributed by atoms with Crippen LogP contribution in [-0.2, 0) is 14.3 Å². The van der Waals surface area contributed by atoms with E-state index in [1.54, 1.807) is 6.08 Å². The van der Waals surface area contributed by atoms with Gasteiger partial charge in [0.15, 0.2) is 6.29 Å². The third-order valence-electron chi connectivity index (χ3n) is 15.4. The Morgan fingerprint density at radius 1 is 0.453 bits per heavy atom. The number of ether oxygens (including phenoxy) is 2. The van der Waals surface area contributed by atoms with Gasteiger partial charge < -0.3 is 40.3 Å². The largest absolute Gasteiger partial charge is 0.394 e. The standard InChI is InChI=1S/C66H123NO8/c1-3-5-7-9-11-13-15-17-19-21-23-25-27-28-29-30-31-32-34-36-38-40-42-44-46-48-50-52-54-56-62(70)67-59(58-74-66-65(73)64(72)63(71)61(57-68)75-66)60(69)55-53-51-49-47-45-43-41-39-37-35-33-26-24-22-20-18-16-14-12-10-8-6-4-2/h23,25,28-29,45,47,53,55,59-61,63-66,68-69,71-73H,3-22,24,26-27,30-44,46,48-52,54,56-58H2,1-2H3,(H,67,70)/b25-23-,29-28-,47-45+,55-53+. The molecule has 0 aromatic rings. The summed E-state index contributed by atoms with van der Waals surface area (Å²) in [4.78, 5) is 13.1. The van der Waals surface area contributed by atoms with Crippen LogP contribution in [0.5, 0.6) is 0 Å². The molecule has 7 atom stereocenters. The van der Waals surface area contributed by atoms with Gasteiger partial charge in [-0.15, -0.1) is 0 Å². The summed E-state index contributed by atoms with van der Waals surface area (Å²) in [6.07, 6.45) is 67.7. The second kappa shape index (κ2) is 55.5. The zero-order valence-corrected chi connectivity index (χ0v) is 49.1. The lowest BCUT2D eigenvalue weighted by molar-refractivity contribution is -0.302. The normalized spacial score (nSPS) is 19.2. The van der Waals surface area contributed by atoms with E-state index in [1.165, 1.54) is 244 Å². The summed E-state index contributed by atoms with van der Waals surface area (Å²) in [6, 6.07) is -0.824. The molecule has 0 aromatic carbocycles. The van der Waals surface area contributed by atoms with Crippen LogP contribution >= 0.6 is 0 Å². The smallest absolute Gasteiger partial charge is 0.220 e. The Labute approximate surface area is 463 Å². The van der Waals surface area contributed by atoms with Crippen molar-refractivity contribution in [3.8, 4) is 0 Å². The van der Waals surface area contributed by atoms with E-state index in [4.69, 9.17) is 9.47 Å². The maximum Gasteiger partial charge on any atom is 0.220 e. The van der Waals surface area contributed by atoms with Crippen LogP contribution in [0.4, 0.5) is 0 Å². The molecule has 9 heteroatoms. The van der Waals surface area contributed by atoms with E-state index in [9.17, 15) is 30.3 Å². The Morgan fingerprint density at radius 2 is 0.800 bits per heavy atom. The monoisotopic (exact) mass is 1060 g/mol. The molecule has 1 fully saturated rings. The molecule has 9 nitrogen and oxygen atoms in total. The maximum atomic E-state index is 13.1. The highest BCUT2D eigenvalue weighted by Gasteiger charge is 2.44. The van der Waals surface area contributed by atoms with Crippen molar-refractivity contribution in [1.29, 1.82) is 0 Å². The van der Waals surface area contributed by atoms with E-state index < -0.39 is 49.5 Å². The summed E-state index contributed by atoms with van der Waals surface area (Å²) in [5.41, 5.74) is 0. The number of carbonyl (C=O) groups excluding carboxylic acids is 1. The maximum absolute atomic E-state index is 13.1. The van der Waals surface area contributed by atoms with Crippen molar-refractivity contribution >= 4 is 5.91 Å². The van der Waals surface area contributed by atoms with Crippen LogP contribution in [-0.4, -0.2) is 87.5 Å². The molecule has 75 heavy (non-hydrogen) atoms. The molecule has 0 radical (unpaired) electrons. The number of unbranched alkanes of at least 4 members (excludes halogenated alkanes) is 40. The van der Waals surface area contributed by atoms with Gasteiger partial charge >= 0.3 is 0 Å². The van der Waals surface area contributed by atoms with Crippen LogP contribution in [0.15, 0.2) is 48.6 Å². The number of hydrogen-bond donors (Lipinski definition) is 6. The van der Waals surface area contributed by atoms with Crippen LogP contribution < -0.4 is 5.32 Å². The number of rotatable bonds is 56. The van der Waals surface area contributed by atoms with Gasteiger partial charge in [-0.3, -0.25) is 4.79 Å². The molecule has 1 heterocycles. The average molecular weight is 1060 g/mol. The number of allylic oxidation sites excluding steroid dienone is 7. The number of hydrogen-bond acceptors (Lipinski definition) is 8. The van der Waals surface area contributed by atoms with E-state index >= 15 is 0 Å². The van der Waals surface area contributed by atoms with Crippen molar-refractivity contribution in [2.24, 2.45) is 0 Å². The molecule has 0 aliphatic carbocycles. The van der Waals surface area contributed by atoms with E-state index in [-0.39, 0.29) is 12.5 Å². The van der Waals surface area contributed by atoms with Crippen molar-refractivity contribution in [2.75, 3.05) is 13.2 Å². The molecule has 0 spiro atoms. The van der Waals surface area contributed by atoms with Gasteiger partial charge in [-0.1, -0.05) is 287 Å². The van der Waals surface area contributed by atoms with Crippen molar-refractivity contribution in [3.05, 3.63) is 48.6 Å². The van der Waals surface area contributed by atoms with Gasteiger partial charge in [0.25, 0.3) is 0 Å². The first-order valence-electron chi connectivity index (χ1n) is 32.4. The number of aliphatic hydroxyl groups excluding tert-OH is 5. The zero-order valence-electron chi connectivity index (χ0n) is 49.1. The lowest BCUT2D eigenvalue weighted by Crippen LogP contribution is -2.60. The summed E-state index contributed by atoms with van der Waals surface area (Å²) in [5, 5.41) is 54.6. The van der Waals surface area contributed by atoms with Gasteiger partial charge in [0.05, 0.1) is 25.4 Å². The van der Waals surface area contributed by atoms with Gasteiger partial charge in [0, 0.05) is 6.42 Å². The van der Waals surface area contributed by atoms with Crippen molar-refractivity contribution in [1.82, 2.24) is 5.32 Å². The molecule has 1 aliphatic heterocycles. The first-order valence-corrected chi connectivity index (χ1v) is 32.4. The summed E-state index contributed by atoms with van der Waals surface area (Å²) >= 11 is 0. The predicted octanol–water partition coefficient (Wildman–Crippen LogP) is 16.9. The topological polar surface area (TPSA) is 149 Å². The lowest BCUT2D eigenvalue weighted by atomic mass is 9.99. The minimum atomic E-state index is -1.57. The number of carbonyl (C=O) groups is 1. The molecule has 440 valence electrons. The highest BCUT2D eigenvalue weighted by Crippen LogP contribution is 2.23. The highest BCUT2D eigenvalue weighted by molar-refractivity contribution is 5.76. The summed E-state index contributed by atoms with van der Waals surface area (Å²) < 4.78 is 11.3. The third-order valence-corrected chi connectivity index (χ3v) is 15.4. The zero-order chi connectivity index (χ0) is 54.3. The van der Waals surface area contributed by atoms with Crippen LogP contribution in [0, 0.1) is 0 Å². The van der Waals surface area contributed by atoms with Crippen LogP contribution in [0.1, 0.15) is 309 Å². The Hall–Kier alpha value is -1.85. The van der Waals surface area contributed by atoms with Crippen LogP contribution in [0.25, 0.3) is 0 Å². The Bertz CT molecular complexity index is 1320. The van der Waals surface area contributed by atoms with E-state index in [1.807, 2.05) is 6.08 Å². The highest BCUT2D eigenvalue weighted by atomic mass is 16.7. The SMILES string of the molecule is CCCCCCCCCCC/C=C\C/C=C\CCCCCCCCCCCCCCCC(=O)NC(COC1OC(CO)C(O)C(O)C1O)C(O)/C=C/CC/C=C/CCCCCCCCCCCCCCCCCCC. The molecule has 1 amide bonds. The van der Waals surface area contributed by atoms with Gasteiger partial charge in [-0.05, 0) is 64.2 Å². The first kappa shape index (κ1) is 71.2. The second-order valence-corrected chi connectivity index (χ2v) is 22.5. The Kier molecular flexibility index (Phi) is 52.6. The second-order valence-electron chi connectivity index (χ2n) is 22.5. The average Bonchev–Trinajstić information content (AvgIpc) is 3.41. The van der Waals surface area contributed by atoms with Gasteiger partial charge in [-0.25, -0.2) is 0 Å². The molecule has 1 saturated heterocycles. The molecular weight excluding hydrogens is 935 g/mol. The predicted molar refractivity (Wildman–Crippen MR) is 318 cm³/mol. The number of nitrogens with one attached hydrogen (secondary N) is 1. The molecule has 6 N–H and O–H groups in total. The molecular formula is C66H123NO8. The fourth-order valence-electron chi connectivity index (χ4n) is 10.3. The van der Waals surface area contributed by atoms with Crippen molar-refractivity contribution in [2.45, 2.75) is 352 Å². The van der Waals surface area contributed by atoms with Crippen molar-refractivity contribution < 1.29 is 39.8 Å². The summed E-state index contributed by atoms with van der Waals surface area (Å²) in [5.74, 6) is -0.184. The van der Waals surface area contributed by atoms with Crippen molar-refractivity contribution in [3.63, 3.8) is 0 Å². The summed E-state index contributed by atoms with van der Waals surface area (Å²) in [6.45, 7) is 3.80. The van der Waals surface area contributed by atoms with E-state index in [0.717, 1.165) is 44.9 Å². The number of aliphatic hydroxyl groups is 5. The van der Waals surface area contributed by atoms with Crippen LogP contribution in [0.2, 0.25) is 0 Å². The van der Waals surface area contributed by atoms with Gasteiger partial charge in [0.1, 0.15) is 24.4 Å². The van der Waals surface area contributed by atoms with Gasteiger partial charge in [-0.2, -0.15) is 0 Å². The van der Waals surface area contributed by atoms with Crippen LogP contribution in [0.3, 0.4) is 0 Å². The summed E-state index contributed by atoms with van der Waals surface area (Å²) in [7, 11) is 0. The lowest BCUT2D eigenvalue weighted by Gasteiger charge is -2.40. The fourth-order valence-corrected chi connectivity index (χ4v) is 10.3. The van der Waals surface area contributed by atoms with E-state index in [0.29, 0.717) is 6.42 Å². The molecule has 0 saturated carbocycles. The molecule has 0 aromatic heterocycles. The Morgan fingerprint density at radius 3 is 1.20 bits per heavy atom. The molecule has 1 aliphatic rings. The minimum Gasteiger partial charge on any atom is -0.394 e. The fraction of sp³-hybridized carbons (Fsp3) is 0.864. The first-order chi connectivity index (χ1) is 36.8. The minimum absolute atomic E-state index is 0.184. The molecule has 7 unspecified atom stereocenters. The molecule has 1 rings (SSSR count). The van der Waals surface area contributed by atoms with Gasteiger partial charge in [0.2, 0.25) is 5.91 Å². The third kappa shape index (κ3) is 44.7. The number of amides is 1. The quantitative estimate of drug-likeness (QED) is 0.0261. The molecule has 0 bridgehead atoms. The Balaban J connectivity index is 2.19. The van der Waals surface area contributed by atoms with E-state index in [2.05, 4.69) is 55.6 Å².